The SMILES string of the molecule is CN(Cc1ccccc1)C(=O)COc1ccc2c(c1)CCCC2. The van der Waals surface area contributed by atoms with E-state index in [9.17, 15) is 4.79 Å². The highest BCUT2D eigenvalue weighted by molar-refractivity contribution is 5.77. The van der Waals surface area contributed by atoms with Crippen molar-refractivity contribution in [2.75, 3.05) is 13.7 Å². The summed E-state index contributed by atoms with van der Waals surface area (Å²) in [5.74, 6) is 0.790. The number of hydrogen-bond acceptors (Lipinski definition) is 2. The third-order valence-electron chi connectivity index (χ3n) is 4.37. The number of nitrogens with zero attached hydrogens (tertiary/aromatic N) is 1. The Morgan fingerprint density at radius 3 is 2.57 bits per heavy atom. The van der Waals surface area contributed by atoms with Crippen molar-refractivity contribution in [2.24, 2.45) is 0 Å². The van der Waals surface area contributed by atoms with Gasteiger partial charge in [0.2, 0.25) is 0 Å². The van der Waals surface area contributed by atoms with Crippen LogP contribution < -0.4 is 4.74 Å². The van der Waals surface area contributed by atoms with E-state index in [-0.39, 0.29) is 12.5 Å². The van der Waals surface area contributed by atoms with E-state index < -0.39 is 0 Å². The monoisotopic (exact) mass is 309 g/mol. The molecule has 1 aliphatic rings. The van der Waals surface area contributed by atoms with E-state index in [1.54, 1.807) is 4.90 Å². The summed E-state index contributed by atoms with van der Waals surface area (Å²) >= 11 is 0. The number of carbonyl (C=O) groups is 1. The minimum atomic E-state index is -0.00780. The van der Waals surface area contributed by atoms with Gasteiger partial charge in [-0.3, -0.25) is 4.79 Å². The number of rotatable bonds is 5. The van der Waals surface area contributed by atoms with Crippen molar-refractivity contribution < 1.29 is 9.53 Å². The van der Waals surface area contributed by atoms with Crippen LogP contribution in [-0.2, 0) is 24.2 Å². The Hall–Kier alpha value is -2.29. The Kier molecular flexibility index (Phi) is 4.96. The van der Waals surface area contributed by atoms with Gasteiger partial charge in [0.15, 0.2) is 6.61 Å². The summed E-state index contributed by atoms with van der Waals surface area (Å²) in [5.41, 5.74) is 3.92. The first-order valence-electron chi connectivity index (χ1n) is 8.25. The van der Waals surface area contributed by atoms with Crippen LogP contribution in [0.25, 0.3) is 0 Å². The maximum atomic E-state index is 12.2. The Bertz CT molecular complexity index is 667. The Morgan fingerprint density at radius 2 is 1.78 bits per heavy atom. The third kappa shape index (κ3) is 4.13. The van der Waals surface area contributed by atoms with Gasteiger partial charge in [-0.15, -0.1) is 0 Å². The van der Waals surface area contributed by atoms with Crippen LogP contribution in [-0.4, -0.2) is 24.5 Å². The van der Waals surface area contributed by atoms with Gasteiger partial charge in [-0.25, -0.2) is 0 Å². The van der Waals surface area contributed by atoms with Crippen molar-refractivity contribution >= 4 is 5.91 Å². The van der Waals surface area contributed by atoms with Crippen molar-refractivity contribution in [1.82, 2.24) is 4.90 Å². The molecule has 0 spiro atoms. The number of ether oxygens (including phenoxy) is 1. The van der Waals surface area contributed by atoms with Gasteiger partial charge in [-0.2, -0.15) is 0 Å². The summed E-state index contributed by atoms with van der Waals surface area (Å²) in [5, 5.41) is 0. The number of amides is 1. The predicted molar refractivity (Wildman–Crippen MR) is 91.5 cm³/mol. The molecule has 120 valence electrons. The van der Waals surface area contributed by atoms with Gasteiger partial charge in [0.25, 0.3) is 5.91 Å². The van der Waals surface area contributed by atoms with Crippen molar-refractivity contribution in [1.29, 1.82) is 0 Å². The summed E-state index contributed by atoms with van der Waals surface area (Å²) in [6.45, 7) is 0.690. The number of fused-ring (bicyclic) bond motifs is 1. The molecule has 0 fully saturated rings. The van der Waals surface area contributed by atoms with E-state index in [0.717, 1.165) is 24.2 Å². The first-order chi connectivity index (χ1) is 11.2. The Labute approximate surface area is 137 Å². The molecule has 23 heavy (non-hydrogen) atoms. The first-order valence-corrected chi connectivity index (χ1v) is 8.25. The predicted octanol–water partition coefficient (Wildman–Crippen LogP) is 3.60. The lowest BCUT2D eigenvalue weighted by Gasteiger charge is -2.19. The second-order valence-corrected chi connectivity index (χ2v) is 6.16. The van der Waals surface area contributed by atoms with Crippen LogP contribution >= 0.6 is 0 Å². The molecule has 0 bridgehead atoms. The van der Waals surface area contributed by atoms with E-state index in [1.807, 2.05) is 43.4 Å². The van der Waals surface area contributed by atoms with Crippen molar-refractivity contribution in [2.45, 2.75) is 32.2 Å². The molecule has 0 radical (unpaired) electrons. The molecule has 0 atom stereocenters. The van der Waals surface area contributed by atoms with Crippen LogP contribution in [0.4, 0.5) is 0 Å². The Morgan fingerprint density at radius 1 is 1.04 bits per heavy atom. The van der Waals surface area contributed by atoms with Gasteiger partial charge < -0.3 is 9.64 Å². The molecule has 3 rings (SSSR count). The molecule has 0 heterocycles. The van der Waals surface area contributed by atoms with Crippen LogP contribution in [0, 0.1) is 0 Å². The number of benzene rings is 2. The van der Waals surface area contributed by atoms with Gasteiger partial charge >= 0.3 is 0 Å². The summed E-state index contributed by atoms with van der Waals surface area (Å²) < 4.78 is 5.70. The molecule has 1 aliphatic carbocycles. The number of hydrogen-bond donors (Lipinski definition) is 0. The number of aryl methyl sites for hydroxylation is 2. The van der Waals surface area contributed by atoms with Gasteiger partial charge in [0, 0.05) is 13.6 Å². The molecular formula is C20H23NO2. The maximum Gasteiger partial charge on any atom is 0.260 e. The fourth-order valence-corrected chi connectivity index (χ4v) is 3.00. The van der Waals surface area contributed by atoms with E-state index in [2.05, 4.69) is 12.1 Å². The first kappa shape index (κ1) is 15.6. The summed E-state index contributed by atoms with van der Waals surface area (Å²) in [6.07, 6.45) is 4.80. The molecule has 0 aromatic heterocycles. The van der Waals surface area contributed by atoms with Crippen LogP contribution in [0.15, 0.2) is 48.5 Å². The minimum Gasteiger partial charge on any atom is -0.484 e. The Balaban J connectivity index is 1.54. The zero-order valence-corrected chi connectivity index (χ0v) is 13.6. The average Bonchev–Trinajstić information content (AvgIpc) is 2.60. The summed E-state index contributed by atoms with van der Waals surface area (Å²) in [4.78, 5) is 13.9. The summed E-state index contributed by atoms with van der Waals surface area (Å²) in [7, 11) is 1.81. The molecule has 0 N–H and O–H groups in total. The van der Waals surface area contributed by atoms with Crippen LogP contribution in [0.3, 0.4) is 0 Å². The lowest BCUT2D eigenvalue weighted by atomic mass is 9.92. The van der Waals surface area contributed by atoms with E-state index in [4.69, 9.17) is 4.74 Å². The molecule has 2 aromatic rings. The van der Waals surface area contributed by atoms with E-state index >= 15 is 0 Å². The fraction of sp³-hybridized carbons (Fsp3) is 0.350. The molecule has 2 aromatic carbocycles. The van der Waals surface area contributed by atoms with Crippen molar-refractivity contribution in [3.05, 3.63) is 65.2 Å². The fourth-order valence-electron chi connectivity index (χ4n) is 3.00. The second kappa shape index (κ2) is 7.32. The molecule has 0 aliphatic heterocycles. The molecule has 3 nitrogen and oxygen atoms in total. The maximum absolute atomic E-state index is 12.2. The van der Waals surface area contributed by atoms with Gasteiger partial charge in [0.05, 0.1) is 0 Å². The highest BCUT2D eigenvalue weighted by atomic mass is 16.5. The van der Waals surface area contributed by atoms with Crippen LogP contribution in [0.5, 0.6) is 5.75 Å². The molecule has 0 saturated heterocycles. The smallest absolute Gasteiger partial charge is 0.260 e. The molecule has 0 unspecified atom stereocenters. The lowest BCUT2D eigenvalue weighted by Crippen LogP contribution is -2.30. The molecular weight excluding hydrogens is 286 g/mol. The van der Waals surface area contributed by atoms with Gasteiger partial charge in [0.1, 0.15) is 5.75 Å². The van der Waals surface area contributed by atoms with Crippen molar-refractivity contribution in [3.8, 4) is 5.75 Å². The average molecular weight is 309 g/mol. The zero-order chi connectivity index (χ0) is 16.1. The van der Waals surface area contributed by atoms with Crippen molar-refractivity contribution in [3.63, 3.8) is 0 Å². The van der Waals surface area contributed by atoms with Crippen LogP contribution in [0.1, 0.15) is 29.5 Å². The quantitative estimate of drug-likeness (QED) is 0.844. The second-order valence-electron chi connectivity index (χ2n) is 6.16. The molecule has 1 amide bonds. The minimum absolute atomic E-state index is 0.00780. The van der Waals surface area contributed by atoms with E-state index in [0.29, 0.717) is 6.54 Å². The normalized spacial score (nSPS) is 13.3. The topological polar surface area (TPSA) is 29.5 Å². The van der Waals surface area contributed by atoms with E-state index in [1.165, 1.54) is 24.0 Å². The zero-order valence-electron chi connectivity index (χ0n) is 13.6. The van der Waals surface area contributed by atoms with Gasteiger partial charge in [-0.05, 0) is 54.5 Å². The van der Waals surface area contributed by atoms with Gasteiger partial charge in [-0.1, -0.05) is 36.4 Å². The number of carbonyl (C=O) groups excluding carboxylic acids is 1. The lowest BCUT2D eigenvalue weighted by molar-refractivity contribution is -0.132. The largest absolute Gasteiger partial charge is 0.484 e. The van der Waals surface area contributed by atoms with Crippen LogP contribution in [0.2, 0.25) is 0 Å². The summed E-state index contributed by atoms with van der Waals surface area (Å²) in [6, 6.07) is 16.2. The molecule has 3 heteroatoms. The highest BCUT2D eigenvalue weighted by Gasteiger charge is 2.12. The third-order valence-corrected chi connectivity index (χ3v) is 4.37. The highest BCUT2D eigenvalue weighted by Crippen LogP contribution is 2.25. The number of likely N-dealkylation sites (N-methyl/N-ethyl adjacent to an activating group) is 1. The standard InChI is InChI=1S/C20H23NO2/c1-21(14-16-7-3-2-4-8-16)20(22)15-23-19-12-11-17-9-5-6-10-18(17)13-19/h2-4,7-8,11-13H,5-6,9-10,14-15H2,1H3. The molecule has 0 saturated carbocycles.